The van der Waals surface area contributed by atoms with Gasteiger partial charge in [-0.25, -0.2) is 0 Å². The summed E-state index contributed by atoms with van der Waals surface area (Å²) < 4.78 is 0. The predicted octanol–water partition coefficient (Wildman–Crippen LogP) is 4.89. The molecule has 0 radical (unpaired) electrons. The van der Waals surface area contributed by atoms with E-state index in [0.717, 1.165) is 11.8 Å². The third-order valence-electron chi connectivity index (χ3n) is 5.54. The fraction of sp³-hybridized carbons (Fsp3) is 1.00. The zero-order chi connectivity index (χ0) is 11.5. The van der Waals surface area contributed by atoms with E-state index < -0.39 is 7.38 Å². The number of rotatable bonds is 2. The van der Waals surface area contributed by atoms with Crippen molar-refractivity contribution in [2.24, 2.45) is 22.7 Å². The molecule has 0 spiro atoms. The monoisotopic (exact) mass is 244 g/mol. The molecule has 0 heterocycles. The Morgan fingerprint density at radius 3 is 2.27 bits per heavy atom. The molecule has 0 saturated heterocycles. The minimum absolute atomic E-state index is 0.559. The Kier molecular flexibility index (Phi) is 2.60. The van der Waals surface area contributed by atoms with Crippen LogP contribution in [0.2, 0.25) is 19.1 Å². The van der Waals surface area contributed by atoms with Crippen molar-refractivity contribution in [2.45, 2.75) is 59.2 Å². The smallest absolute Gasteiger partial charge is 0.151 e. The van der Waals surface area contributed by atoms with Crippen molar-refractivity contribution >= 4 is 18.5 Å². The molecule has 0 aromatic carbocycles. The Morgan fingerprint density at radius 2 is 1.87 bits per heavy atom. The summed E-state index contributed by atoms with van der Waals surface area (Å²) in [4.78, 5) is 0. The summed E-state index contributed by atoms with van der Waals surface area (Å²) in [5, 5.41) is 0. The van der Waals surface area contributed by atoms with E-state index in [-0.39, 0.29) is 0 Å². The second kappa shape index (κ2) is 3.26. The van der Waals surface area contributed by atoms with Crippen LogP contribution in [0.3, 0.4) is 0 Å². The van der Waals surface area contributed by atoms with Crippen LogP contribution in [0, 0.1) is 22.7 Å². The lowest BCUT2D eigenvalue weighted by Gasteiger charge is -2.70. The minimum Gasteiger partial charge on any atom is -0.168 e. The first-order chi connectivity index (χ1) is 6.69. The van der Waals surface area contributed by atoms with Crippen LogP contribution in [0.15, 0.2) is 0 Å². The first-order valence-electron chi connectivity index (χ1n) is 6.38. The molecule has 3 atom stereocenters. The summed E-state index contributed by atoms with van der Waals surface area (Å²) in [6, 6.07) is 1.33. The topological polar surface area (TPSA) is 0 Å². The van der Waals surface area contributed by atoms with Gasteiger partial charge in [-0.05, 0) is 48.0 Å². The van der Waals surface area contributed by atoms with Gasteiger partial charge < -0.3 is 0 Å². The molecular formula is C13H25ClSi. The maximum absolute atomic E-state index is 6.61. The van der Waals surface area contributed by atoms with Gasteiger partial charge in [0.15, 0.2) is 7.38 Å². The summed E-state index contributed by atoms with van der Waals surface area (Å²) >= 11 is 6.61. The summed E-state index contributed by atoms with van der Waals surface area (Å²) in [5.74, 6) is 1.88. The van der Waals surface area contributed by atoms with Crippen molar-refractivity contribution in [3.63, 3.8) is 0 Å². The molecule has 88 valence electrons. The Labute approximate surface area is 100 Å². The Balaban J connectivity index is 2.25. The Bertz CT molecular complexity index is 266. The van der Waals surface area contributed by atoms with E-state index in [2.05, 4.69) is 33.9 Å². The second-order valence-corrected chi connectivity index (χ2v) is 14.0. The lowest BCUT2D eigenvalue weighted by molar-refractivity contribution is -0.182. The van der Waals surface area contributed by atoms with Gasteiger partial charge in [-0.2, -0.15) is 11.1 Å². The van der Waals surface area contributed by atoms with Crippen LogP contribution in [-0.4, -0.2) is 7.38 Å². The van der Waals surface area contributed by atoms with Gasteiger partial charge in [0.2, 0.25) is 0 Å². The van der Waals surface area contributed by atoms with Crippen molar-refractivity contribution in [2.75, 3.05) is 0 Å². The van der Waals surface area contributed by atoms with Gasteiger partial charge >= 0.3 is 0 Å². The van der Waals surface area contributed by atoms with Crippen molar-refractivity contribution in [3.8, 4) is 0 Å². The van der Waals surface area contributed by atoms with Gasteiger partial charge in [-0.3, -0.25) is 0 Å². The van der Waals surface area contributed by atoms with E-state index in [0.29, 0.717) is 10.8 Å². The van der Waals surface area contributed by atoms with E-state index >= 15 is 0 Å². The minimum atomic E-state index is -1.44. The number of hydrogen-bond donors (Lipinski definition) is 0. The zero-order valence-corrected chi connectivity index (χ0v) is 12.6. The average molecular weight is 245 g/mol. The third kappa shape index (κ3) is 1.61. The molecule has 3 unspecified atom stereocenters. The van der Waals surface area contributed by atoms with Gasteiger partial charge in [0, 0.05) is 0 Å². The normalized spacial score (nSPS) is 43.6. The molecule has 0 amide bonds. The third-order valence-corrected chi connectivity index (χ3v) is 7.41. The van der Waals surface area contributed by atoms with Crippen molar-refractivity contribution in [1.29, 1.82) is 0 Å². The van der Waals surface area contributed by atoms with Crippen LogP contribution >= 0.6 is 11.1 Å². The van der Waals surface area contributed by atoms with Gasteiger partial charge in [0.25, 0.3) is 0 Å². The highest BCUT2D eigenvalue weighted by Crippen LogP contribution is 2.72. The van der Waals surface area contributed by atoms with Crippen LogP contribution in [-0.2, 0) is 0 Å². The van der Waals surface area contributed by atoms with E-state index in [1.807, 2.05) is 0 Å². The largest absolute Gasteiger partial charge is 0.168 e. The molecule has 3 saturated carbocycles. The van der Waals surface area contributed by atoms with E-state index in [9.17, 15) is 0 Å². The van der Waals surface area contributed by atoms with Gasteiger partial charge in [-0.1, -0.05) is 33.9 Å². The summed E-state index contributed by atoms with van der Waals surface area (Å²) in [5.41, 5.74) is 1.15. The van der Waals surface area contributed by atoms with Gasteiger partial charge in [-0.15, -0.1) is 0 Å². The first kappa shape index (κ1) is 12.0. The summed E-state index contributed by atoms with van der Waals surface area (Å²) in [7, 11) is -1.44. The van der Waals surface area contributed by atoms with Crippen LogP contribution < -0.4 is 0 Å². The maximum Gasteiger partial charge on any atom is 0.151 e. The van der Waals surface area contributed by atoms with Crippen LogP contribution in [0.25, 0.3) is 0 Å². The molecular weight excluding hydrogens is 220 g/mol. The second-order valence-electron chi connectivity index (χ2n) is 7.15. The van der Waals surface area contributed by atoms with Crippen LogP contribution in [0.4, 0.5) is 0 Å². The summed E-state index contributed by atoms with van der Waals surface area (Å²) in [6.45, 7) is 12.1. The van der Waals surface area contributed by atoms with Crippen LogP contribution in [0.5, 0.6) is 0 Å². The fourth-order valence-electron chi connectivity index (χ4n) is 4.48. The first-order valence-corrected chi connectivity index (χ1v) is 10.6. The van der Waals surface area contributed by atoms with Crippen LogP contribution in [0.1, 0.15) is 40.0 Å². The lowest BCUT2D eigenvalue weighted by atomic mass is 9.37. The molecule has 3 aliphatic rings. The molecule has 2 heteroatoms. The molecule has 3 aliphatic carbocycles. The van der Waals surface area contributed by atoms with Gasteiger partial charge in [0.1, 0.15) is 0 Å². The molecule has 2 bridgehead atoms. The zero-order valence-electron chi connectivity index (χ0n) is 10.9. The standard InChI is InChI=1S/C13H25ClSi/c1-10-6-7-11-8-13(10,12(11,2)3)9-15(4,5)14/h10-11H,6-9H2,1-5H3. The molecule has 3 fully saturated rings. The SMILES string of the molecule is CC1CCC2CC1(C[Si](C)(C)Cl)C2(C)C. The fourth-order valence-corrected chi connectivity index (χ4v) is 7.65. The van der Waals surface area contributed by atoms with E-state index in [1.165, 1.54) is 25.3 Å². The number of hydrogen-bond acceptors (Lipinski definition) is 0. The van der Waals surface area contributed by atoms with E-state index in [4.69, 9.17) is 11.1 Å². The maximum atomic E-state index is 6.61. The van der Waals surface area contributed by atoms with Gasteiger partial charge in [0.05, 0.1) is 0 Å². The average Bonchev–Trinajstić information content (AvgIpc) is 2.05. The highest BCUT2D eigenvalue weighted by atomic mass is 35.6. The molecule has 0 aromatic heterocycles. The number of fused-ring (bicyclic) bond motifs is 2. The van der Waals surface area contributed by atoms with Crippen molar-refractivity contribution in [1.82, 2.24) is 0 Å². The molecule has 0 aromatic rings. The highest BCUT2D eigenvalue weighted by molar-refractivity contribution is 7.19. The van der Waals surface area contributed by atoms with Crippen molar-refractivity contribution < 1.29 is 0 Å². The molecule has 0 nitrogen and oxygen atoms in total. The predicted molar refractivity (Wildman–Crippen MR) is 70.9 cm³/mol. The quantitative estimate of drug-likeness (QED) is 0.479. The highest BCUT2D eigenvalue weighted by Gasteiger charge is 2.64. The Hall–Kier alpha value is 0.507. The molecule has 0 N–H and O–H groups in total. The lowest BCUT2D eigenvalue weighted by Crippen LogP contribution is -2.63. The Morgan fingerprint density at radius 1 is 1.27 bits per heavy atom. The molecule has 3 rings (SSSR count). The summed E-state index contributed by atoms with van der Waals surface area (Å²) in [6.07, 6.45) is 4.36. The number of halogens is 1. The molecule has 15 heavy (non-hydrogen) atoms. The molecule has 0 aliphatic heterocycles. The van der Waals surface area contributed by atoms with Crippen molar-refractivity contribution in [3.05, 3.63) is 0 Å². The van der Waals surface area contributed by atoms with E-state index in [1.54, 1.807) is 0 Å².